The zero-order valence-corrected chi connectivity index (χ0v) is 15.6. The van der Waals surface area contributed by atoms with Crippen molar-refractivity contribution in [1.29, 1.82) is 0 Å². The van der Waals surface area contributed by atoms with E-state index < -0.39 is 0 Å². The van der Waals surface area contributed by atoms with Crippen LogP contribution in [0.3, 0.4) is 0 Å². The monoisotopic (exact) mass is 368 g/mol. The lowest BCUT2D eigenvalue weighted by molar-refractivity contribution is -0.120. The van der Waals surface area contributed by atoms with Crippen molar-refractivity contribution in [2.24, 2.45) is 5.92 Å². The van der Waals surface area contributed by atoms with Gasteiger partial charge in [0.15, 0.2) is 11.5 Å². The molecule has 1 aliphatic heterocycles. The quantitative estimate of drug-likeness (QED) is 0.805. The summed E-state index contributed by atoms with van der Waals surface area (Å²) in [7, 11) is 0. The molecule has 2 aromatic carbocycles. The molecule has 142 valence electrons. The fourth-order valence-corrected chi connectivity index (χ4v) is 2.97. The molecule has 1 aliphatic rings. The van der Waals surface area contributed by atoms with Gasteiger partial charge in [-0.2, -0.15) is 0 Å². The van der Waals surface area contributed by atoms with Crippen molar-refractivity contribution in [3.8, 4) is 11.5 Å². The number of hydrogen-bond donors (Lipinski definition) is 2. The molecule has 0 spiro atoms. The largest absolute Gasteiger partial charge is 0.486 e. The molecule has 0 aliphatic carbocycles. The summed E-state index contributed by atoms with van der Waals surface area (Å²) in [5.74, 6) is 0.977. The Kier molecular flexibility index (Phi) is 5.96. The van der Waals surface area contributed by atoms with Crippen LogP contribution in [0, 0.1) is 5.92 Å². The van der Waals surface area contributed by atoms with Crippen molar-refractivity contribution in [2.75, 3.05) is 23.8 Å². The molecule has 0 bridgehead atoms. The second kappa shape index (κ2) is 8.58. The fourth-order valence-electron chi connectivity index (χ4n) is 2.97. The van der Waals surface area contributed by atoms with Crippen LogP contribution in [0.5, 0.6) is 11.5 Å². The number of rotatable bonds is 6. The lowest BCUT2D eigenvalue weighted by atomic mass is 10.0. The first kappa shape index (κ1) is 18.8. The summed E-state index contributed by atoms with van der Waals surface area (Å²) in [6, 6.07) is 12.2. The number of fused-ring (bicyclic) bond motifs is 1. The third kappa shape index (κ3) is 4.58. The second-order valence-electron chi connectivity index (χ2n) is 6.40. The van der Waals surface area contributed by atoms with E-state index in [9.17, 15) is 9.59 Å². The Morgan fingerprint density at radius 1 is 0.926 bits per heavy atom. The first-order valence-electron chi connectivity index (χ1n) is 9.22. The van der Waals surface area contributed by atoms with Crippen molar-refractivity contribution >= 4 is 23.2 Å². The molecule has 1 heterocycles. The molecule has 6 nitrogen and oxygen atoms in total. The number of benzene rings is 2. The zero-order valence-electron chi connectivity index (χ0n) is 15.6. The molecule has 2 aromatic rings. The molecule has 0 atom stereocenters. The summed E-state index contributed by atoms with van der Waals surface area (Å²) < 4.78 is 11.0. The predicted octanol–water partition coefficient (Wildman–Crippen LogP) is 4.08. The van der Waals surface area contributed by atoms with E-state index in [0.29, 0.717) is 41.7 Å². The normalized spacial score (nSPS) is 12.6. The van der Waals surface area contributed by atoms with Crippen molar-refractivity contribution < 1.29 is 19.1 Å². The van der Waals surface area contributed by atoms with Crippen molar-refractivity contribution in [1.82, 2.24) is 0 Å². The number of carbonyl (C=O) groups excluding carboxylic acids is 2. The van der Waals surface area contributed by atoms with E-state index in [-0.39, 0.29) is 17.7 Å². The number of ether oxygens (including phenoxy) is 2. The summed E-state index contributed by atoms with van der Waals surface area (Å²) in [6.45, 7) is 4.99. The van der Waals surface area contributed by atoms with Crippen LogP contribution in [-0.4, -0.2) is 25.0 Å². The van der Waals surface area contributed by atoms with Crippen LogP contribution >= 0.6 is 0 Å². The number of hydrogen-bond acceptors (Lipinski definition) is 4. The van der Waals surface area contributed by atoms with Crippen LogP contribution in [-0.2, 0) is 4.79 Å². The molecular weight excluding hydrogens is 344 g/mol. The van der Waals surface area contributed by atoms with Gasteiger partial charge in [-0.05, 0) is 43.2 Å². The van der Waals surface area contributed by atoms with Crippen LogP contribution in [0.1, 0.15) is 37.0 Å². The highest BCUT2D eigenvalue weighted by atomic mass is 16.6. The molecule has 0 aromatic heterocycles. The maximum absolute atomic E-state index is 12.6. The Balaban J connectivity index is 1.69. The molecule has 2 N–H and O–H groups in total. The molecule has 27 heavy (non-hydrogen) atoms. The van der Waals surface area contributed by atoms with E-state index in [1.54, 1.807) is 42.5 Å². The molecule has 0 saturated carbocycles. The Labute approximate surface area is 158 Å². The van der Waals surface area contributed by atoms with Crippen molar-refractivity contribution in [3.63, 3.8) is 0 Å². The minimum Gasteiger partial charge on any atom is -0.486 e. The second-order valence-corrected chi connectivity index (χ2v) is 6.40. The van der Waals surface area contributed by atoms with E-state index in [0.717, 1.165) is 12.8 Å². The third-order valence-corrected chi connectivity index (χ3v) is 4.55. The maximum atomic E-state index is 12.6. The predicted molar refractivity (Wildman–Crippen MR) is 105 cm³/mol. The summed E-state index contributed by atoms with van der Waals surface area (Å²) in [5, 5.41) is 5.74. The Bertz CT molecular complexity index is 831. The minimum atomic E-state index is -0.259. The Morgan fingerprint density at radius 2 is 1.63 bits per heavy atom. The van der Waals surface area contributed by atoms with E-state index in [1.807, 2.05) is 13.8 Å². The molecule has 2 amide bonds. The summed E-state index contributed by atoms with van der Waals surface area (Å²) >= 11 is 0. The first-order chi connectivity index (χ1) is 13.1. The molecule has 3 rings (SSSR count). The molecule has 0 radical (unpaired) electrons. The van der Waals surface area contributed by atoms with Gasteiger partial charge >= 0.3 is 0 Å². The highest BCUT2D eigenvalue weighted by Gasteiger charge is 2.16. The third-order valence-electron chi connectivity index (χ3n) is 4.55. The lowest BCUT2D eigenvalue weighted by Gasteiger charge is -2.19. The summed E-state index contributed by atoms with van der Waals surface area (Å²) in [6.07, 6.45) is 1.57. The van der Waals surface area contributed by atoms with Gasteiger partial charge in [0, 0.05) is 28.9 Å². The minimum absolute atomic E-state index is 0.0237. The molecule has 0 unspecified atom stereocenters. The van der Waals surface area contributed by atoms with Gasteiger partial charge in [0.25, 0.3) is 5.91 Å². The lowest BCUT2D eigenvalue weighted by Crippen LogP contribution is -2.22. The van der Waals surface area contributed by atoms with E-state index in [2.05, 4.69) is 10.6 Å². The molecule has 0 saturated heterocycles. The summed E-state index contributed by atoms with van der Waals surface area (Å²) in [5.41, 5.74) is 1.70. The van der Waals surface area contributed by atoms with E-state index in [1.165, 1.54) is 0 Å². The van der Waals surface area contributed by atoms with Crippen LogP contribution in [0.25, 0.3) is 0 Å². The van der Waals surface area contributed by atoms with Crippen molar-refractivity contribution in [3.05, 3.63) is 48.0 Å². The number of nitrogens with one attached hydrogen (secondary N) is 2. The smallest absolute Gasteiger partial charge is 0.255 e. The topological polar surface area (TPSA) is 76.7 Å². The number of carbonyl (C=O) groups is 2. The van der Waals surface area contributed by atoms with E-state index in [4.69, 9.17) is 9.47 Å². The van der Waals surface area contributed by atoms with Gasteiger partial charge < -0.3 is 20.1 Å². The van der Waals surface area contributed by atoms with Gasteiger partial charge in [0.05, 0.1) is 0 Å². The Hall–Kier alpha value is -3.02. The molecule has 6 heteroatoms. The van der Waals surface area contributed by atoms with Crippen LogP contribution < -0.4 is 20.1 Å². The van der Waals surface area contributed by atoms with Gasteiger partial charge in [-0.1, -0.05) is 19.9 Å². The average molecular weight is 368 g/mol. The van der Waals surface area contributed by atoms with Crippen LogP contribution in [0.4, 0.5) is 11.4 Å². The first-order valence-corrected chi connectivity index (χ1v) is 9.22. The van der Waals surface area contributed by atoms with Crippen LogP contribution in [0.2, 0.25) is 0 Å². The van der Waals surface area contributed by atoms with Gasteiger partial charge in [-0.3, -0.25) is 9.59 Å². The zero-order chi connectivity index (χ0) is 19.2. The van der Waals surface area contributed by atoms with Gasteiger partial charge in [-0.25, -0.2) is 0 Å². The maximum Gasteiger partial charge on any atom is 0.255 e. The molecule has 0 fully saturated rings. The fraction of sp³-hybridized carbons (Fsp3) is 0.333. The van der Waals surface area contributed by atoms with Crippen molar-refractivity contribution in [2.45, 2.75) is 26.7 Å². The highest BCUT2D eigenvalue weighted by molar-refractivity contribution is 6.05. The SMILES string of the molecule is CCC(CC)C(=O)Nc1cccc(C(=O)Nc2ccc3c(c2)OCCO3)c1. The van der Waals surface area contributed by atoms with Gasteiger partial charge in [0.1, 0.15) is 13.2 Å². The average Bonchev–Trinajstić information content (AvgIpc) is 2.69. The Morgan fingerprint density at radius 3 is 2.37 bits per heavy atom. The number of amides is 2. The highest BCUT2D eigenvalue weighted by Crippen LogP contribution is 2.32. The van der Waals surface area contributed by atoms with Gasteiger partial charge in [0.2, 0.25) is 5.91 Å². The standard InChI is InChI=1S/C21H24N2O4/c1-3-14(4-2)20(24)22-16-7-5-6-15(12-16)21(25)23-17-8-9-18-19(13-17)27-11-10-26-18/h5-9,12-14H,3-4,10-11H2,1-2H3,(H,22,24)(H,23,25). The number of anilines is 2. The van der Waals surface area contributed by atoms with E-state index >= 15 is 0 Å². The molecular formula is C21H24N2O4. The van der Waals surface area contributed by atoms with Gasteiger partial charge in [-0.15, -0.1) is 0 Å². The summed E-state index contributed by atoms with van der Waals surface area (Å²) in [4.78, 5) is 24.8. The van der Waals surface area contributed by atoms with Crippen LogP contribution in [0.15, 0.2) is 42.5 Å².